The molecule has 0 radical (unpaired) electrons. The van der Waals surface area contributed by atoms with Crippen molar-refractivity contribution in [1.82, 2.24) is 15.0 Å². The maximum atomic E-state index is 5.88. The van der Waals surface area contributed by atoms with Crippen LogP contribution in [0, 0.1) is 0 Å². The minimum absolute atomic E-state index is 0.668. The van der Waals surface area contributed by atoms with Gasteiger partial charge in [-0.05, 0) is 29.3 Å². The van der Waals surface area contributed by atoms with E-state index in [0.29, 0.717) is 13.1 Å². The second-order valence-corrected chi connectivity index (χ2v) is 5.42. The molecule has 0 fully saturated rings. The number of hydrogen-bond donors (Lipinski definition) is 2. The molecule has 0 atom stereocenters. The van der Waals surface area contributed by atoms with Crippen LogP contribution in [-0.4, -0.2) is 15.0 Å². The highest BCUT2D eigenvalue weighted by Gasteiger charge is 2.00. The third kappa shape index (κ3) is 4.66. The summed E-state index contributed by atoms with van der Waals surface area (Å²) in [5, 5.41) is 7.26. The van der Waals surface area contributed by atoms with Crippen LogP contribution in [0.5, 0.6) is 0 Å². The van der Waals surface area contributed by atoms with Crippen molar-refractivity contribution in [3.8, 4) is 0 Å². The molecule has 0 aliphatic heterocycles. The molecule has 0 bridgehead atoms. The fourth-order valence-corrected chi connectivity index (χ4v) is 2.17. The number of benzene rings is 1. The zero-order valence-corrected chi connectivity index (χ0v) is 13.2. The first-order chi connectivity index (χ1) is 11.3. The Labute approximate surface area is 139 Å². The summed E-state index contributed by atoms with van der Waals surface area (Å²) in [6.07, 6.45) is 5.12. The largest absolute Gasteiger partial charge is 0.366 e. The molecule has 0 unspecified atom stereocenters. The van der Waals surface area contributed by atoms with Crippen molar-refractivity contribution in [2.45, 2.75) is 13.1 Å². The number of hydrogen-bond acceptors (Lipinski definition) is 5. The Kier molecular flexibility index (Phi) is 5.01. The van der Waals surface area contributed by atoms with Gasteiger partial charge in [0.05, 0.1) is 0 Å². The summed E-state index contributed by atoms with van der Waals surface area (Å²) in [6, 6.07) is 13.5. The molecule has 0 aliphatic rings. The zero-order valence-electron chi connectivity index (χ0n) is 12.4. The van der Waals surface area contributed by atoms with E-state index >= 15 is 0 Å². The minimum Gasteiger partial charge on any atom is -0.366 e. The van der Waals surface area contributed by atoms with E-state index in [1.165, 1.54) is 6.33 Å². The number of halogens is 1. The highest BCUT2D eigenvalue weighted by atomic mass is 35.5. The molecule has 116 valence electrons. The van der Waals surface area contributed by atoms with Crippen molar-refractivity contribution in [3.05, 3.63) is 77.3 Å². The quantitative estimate of drug-likeness (QED) is 0.722. The lowest BCUT2D eigenvalue weighted by atomic mass is 10.2. The van der Waals surface area contributed by atoms with Crippen molar-refractivity contribution < 1.29 is 0 Å². The van der Waals surface area contributed by atoms with Crippen LogP contribution in [0.15, 0.2) is 61.2 Å². The van der Waals surface area contributed by atoms with Gasteiger partial charge in [0.25, 0.3) is 0 Å². The average molecular weight is 326 g/mol. The van der Waals surface area contributed by atoms with Crippen LogP contribution in [0.3, 0.4) is 0 Å². The maximum Gasteiger partial charge on any atom is 0.131 e. The Bertz CT molecular complexity index is 746. The highest BCUT2D eigenvalue weighted by Crippen LogP contribution is 2.13. The van der Waals surface area contributed by atoms with Gasteiger partial charge in [0.1, 0.15) is 18.0 Å². The fraction of sp³-hybridized carbons (Fsp3) is 0.118. The predicted molar refractivity (Wildman–Crippen MR) is 92.4 cm³/mol. The molecule has 3 rings (SSSR count). The van der Waals surface area contributed by atoms with E-state index in [0.717, 1.165) is 27.8 Å². The first-order valence-corrected chi connectivity index (χ1v) is 7.60. The van der Waals surface area contributed by atoms with Crippen molar-refractivity contribution in [2.75, 3.05) is 10.6 Å². The maximum absolute atomic E-state index is 5.88. The summed E-state index contributed by atoms with van der Waals surface area (Å²) in [7, 11) is 0. The second kappa shape index (κ2) is 7.56. The van der Waals surface area contributed by atoms with Gasteiger partial charge in [0, 0.05) is 36.6 Å². The number of nitrogens with zero attached hydrogens (tertiary/aromatic N) is 3. The lowest BCUT2D eigenvalue weighted by molar-refractivity contribution is 1.05. The van der Waals surface area contributed by atoms with Crippen LogP contribution < -0.4 is 10.6 Å². The fourth-order valence-electron chi connectivity index (χ4n) is 2.04. The Morgan fingerprint density at radius 3 is 2.22 bits per heavy atom. The van der Waals surface area contributed by atoms with Crippen LogP contribution >= 0.6 is 11.6 Å². The SMILES string of the molecule is Clc1ccc(CNc2cc(NCc3cccnc3)ncn2)cc1. The van der Waals surface area contributed by atoms with Gasteiger partial charge in [-0.1, -0.05) is 29.8 Å². The van der Waals surface area contributed by atoms with Gasteiger partial charge >= 0.3 is 0 Å². The second-order valence-electron chi connectivity index (χ2n) is 4.98. The summed E-state index contributed by atoms with van der Waals surface area (Å²) in [6.45, 7) is 1.34. The molecule has 2 N–H and O–H groups in total. The van der Waals surface area contributed by atoms with Gasteiger partial charge in [0.15, 0.2) is 0 Å². The van der Waals surface area contributed by atoms with E-state index in [1.54, 1.807) is 6.20 Å². The van der Waals surface area contributed by atoms with Gasteiger partial charge in [0.2, 0.25) is 0 Å². The topological polar surface area (TPSA) is 62.7 Å². The Balaban J connectivity index is 1.57. The lowest BCUT2D eigenvalue weighted by Crippen LogP contribution is -2.05. The van der Waals surface area contributed by atoms with Crippen molar-refractivity contribution in [2.24, 2.45) is 0 Å². The first-order valence-electron chi connectivity index (χ1n) is 7.23. The zero-order chi connectivity index (χ0) is 15.9. The van der Waals surface area contributed by atoms with Crippen molar-refractivity contribution in [3.63, 3.8) is 0 Å². The molecule has 3 aromatic rings. The standard InChI is InChI=1S/C17H16ClN5/c18-15-5-3-13(4-6-15)10-20-16-8-17(23-12-22-16)21-11-14-2-1-7-19-9-14/h1-9,12H,10-11H2,(H2,20,21,22,23). The van der Waals surface area contributed by atoms with Gasteiger partial charge in [-0.15, -0.1) is 0 Å². The summed E-state index contributed by atoms with van der Waals surface area (Å²) >= 11 is 5.88. The van der Waals surface area contributed by atoms with Crippen LogP contribution in [-0.2, 0) is 13.1 Å². The molecule has 0 saturated carbocycles. The van der Waals surface area contributed by atoms with E-state index in [2.05, 4.69) is 25.6 Å². The number of pyridine rings is 1. The van der Waals surface area contributed by atoms with Crippen molar-refractivity contribution >= 4 is 23.2 Å². The number of aromatic nitrogens is 3. The van der Waals surface area contributed by atoms with Crippen LogP contribution in [0.2, 0.25) is 5.02 Å². The molecule has 0 saturated heterocycles. The smallest absolute Gasteiger partial charge is 0.131 e. The number of anilines is 2. The number of nitrogens with one attached hydrogen (secondary N) is 2. The molecule has 2 heterocycles. The van der Waals surface area contributed by atoms with Gasteiger partial charge in [-0.2, -0.15) is 0 Å². The summed E-state index contributed by atoms with van der Waals surface area (Å²) < 4.78 is 0. The lowest BCUT2D eigenvalue weighted by Gasteiger charge is -2.09. The average Bonchev–Trinajstić information content (AvgIpc) is 2.61. The molecule has 0 amide bonds. The Morgan fingerprint density at radius 2 is 1.57 bits per heavy atom. The van der Waals surface area contributed by atoms with Gasteiger partial charge in [-0.25, -0.2) is 9.97 Å². The van der Waals surface area contributed by atoms with E-state index in [1.807, 2.05) is 48.7 Å². The molecule has 0 aliphatic carbocycles. The molecule has 5 nitrogen and oxygen atoms in total. The molecule has 0 spiro atoms. The molecule has 6 heteroatoms. The van der Waals surface area contributed by atoms with Gasteiger partial charge < -0.3 is 10.6 Å². The summed E-state index contributed by atoms with van der Waals surface area (Å²) in [4.78, 5) is 12.5. The van der Waals surface area contributed by atoms with E-state index < -0.39 is 0 Å². The Hall–Kier alpha value is -2.66. The van der Waals surface area contributed by atoms with Gasteiger partial charge in [-0.3, -0.25) is 4.98 Å². The first kappa shape index (κ1) is 15.2. The summed E-state index contributed by atoms with van der Waals surface area (Å²) in [5.41, 5.74) is 2.24. The van der Waals surface area contributed by atoms with Crippen molar-refractivity contribution in [1.29, 1.82) is 0 Å². The van der Waals surface area contributed by atoms with Crippen LogP contribution in [0.4, 0.5) is 11.6 Å². The normalized spacial score (nSPS) is 10.3. The monoisotopic (exact) mass is 325 g/mol. The third-order valence-electron chi connectivity index (χ3n) is 3.25. The van der Waals surface area contributed by atoms with E-state index in [4.69, 9.17) is 11.6 Å². The minimum atomic E-state index is 0.668. The third-order valence-corrected chi connectivity index (χ3v) is 3.50. The molecule has 1 aromatic carbocycles. The van der Waals surface area contributed by atoms with Crippen LogP contribution in [0.1, 0.15) is 11.1 Å². The predicted octanol–water partition coefficient (Wildman–Crippen LogP) is 3.75. The number of rotatable bonds is 6. The molecular formula is C17H16ClN5. The molecular weight excluding hydrogens is 310 g/mol. The summed E-state index contributed by atoms with van der Waals surface area (Å²) in [5.74, 6) is 1.53. The molecule has 23 heavy (non-hydrogen) atoms. The Morgan fingerprint density at radius 1 is 0.870 bits per heavy atom. The molecule has 2 aromatic heterocycles. The van der Waals surface area contributed by atoms with E-state index in [-0.39, 0.29) is 0 Å². The highest BCUT2D eigenvalue weighted by molar-refractivity contribution is 6.30. The van der Waals surface area contributed by atoms with Crippen LogP contribution in [0.25, 0.3) is 0 Å². The van der Waals surface area contributed by atoms with E-state index in [9.17, 15) is 0 Å².